The summed E-state index contributed by atoms with van der Waals surface area (Å²) in [5.74, 6) is -1.58. The van der Waals surface area contributed by atoms with Gasteiger partial charge < -0.3 is 0 Å². The Kier molecular flexibility index (Phi) is 2.06. The predicted molar refractivity (Wildman–Crippen MR) is 47.5 cm³/mol. The van der Waals surface area contributed by atoms with Crippen molar-refractivity contribution < 1.29 is 8.78 Å². The highest BCUT2D eigenvalue weighted by Crippen LogP contribution is 2.24. The lowest BCUT2D eigenvalue weighted by Crippen LogP contribution is -1.88. The van der Waals surface area contributed by atoms with E-state index in [4.69, 9.17) is 0 Å². The molecule has 2 heterocycles. The zero-order valence-corrected chi connectivity index (χ0v) is 7.31. The topological polar surface area (TPSA) is 12.9 Å². The van der Waals surface area contributed by atoms with Gasteiger partial charge in [0.15, 0.2) is 0 Å². The van der Waals surface area contributed by atoms with Gasteiger partial charge in [-0.15, -0.1) is 11.3 Å². The minimum absolute atomic E-state index is 0.528. The lowest BCUT2D eigenvalue weighted by molar-refractivity contribution is 0.513. The van der Waals surface area contributed by atoms with Crippen LogP contribution >= 0.6 is 11.3 Å². The zero-order chi connectivity index (χ0) is 9.26. The van der Waals surface area contributed by atoms with E-state index in [1.807, 2.05) is 11.4 Å². The van der Waals surface area contributed by atoms with Gasteiger partial charge in [0.1, 0.15) is 0 Å². The lowest BCUT2D eigenvalue weighted by Gasteiger charge is -1.96. The molecule has 0 fully saturated rings. The molecule has 1 nitrogen and oxygen atoms in total. The van der Waals surface area contributed by atoms with E-state index in [9.17, 15) is 8.78 Å². The summed E-state index contributed by atoms with van der Waals surface area (Å²) in [6.07, 6.45) is 0. The van der Waals surface area contributed by atoms with E-state index < -0.39 is 11.9 Å². The Hall–Kier alpha value is -1.29. The van der Waals surface area contributed by atoms with E-state index in [0.29, 0.717) is 5.56 Å². The Morgan fingerprint density at radius 2 is 1.85 bits per heavy atom. The molecule has 0 N–H and O–H groups in total. The third-order valence-corrected chi connectivity index (χ3v) is 2.49. The molecule has 0 aliphatic rings. The van der Waals surface area contributed by atoms with Crippen LogP contribution in [0, 0.1) is 11.9 Å². The molecule has 0 saturated carbocycles. The summed E-state index contributed by atoms with van der Waals surface area (Å²) >= 11 is 1.43. The first kappa shape index (κ1) is 8.31. The maximum absolute atomic E-state index is 12.7. The van der Waals surface area contributed by atoms with Gasteiger partial charge in [-0.2, -0.15) is 13.8 Å². The van der Waals surface area contributed by atoms with Crippen LogP contribution in [0.25, 0.3) is 10.4 Å². The van der Waals surface area contributed by atoms with Gasteiger partial charge in [0.05, 0.1) is 0 Å². The Balaban J connectivity index is 2.53. The van der Waals surface area contributed by atoms with E-state index >= 15 is 0 Å². The van der Waals surface area contributed by atoms with Gasteiger partial charge in [0.25, 0.3) is 0 Å². The van der Waals surface area contributed by atoms with Crippen LogP contribution in [0.2, 0.25) is 0 Å². The monoisotopic (exact) mass is 197 g/mol. The number of hydrogen-bond acceptors (Lipinski definition) is 2. The summed E-state index contributed by atoms with van der Waals surface area (Å²) in [7, 11) is 0. The van der Waals surface area contributed by atoms with Gasteiger partial charge in [-0.3, -0.25) is 0 Å². The third kappa shape index (κ3) is 1.72. The molecule has 66 valence electrons. The van der Waals surface area contributed by atoms with Gasteiger partial charge >= 0.3 is 0 Å². The minimum atomic E-state index is -0.789. The fraction of sp³-hybridized carbons (Fsp3) is 0. The summed E-state index contributed by atoms with van der Waals surface area (Å²) in [6, 6.07) is 6.07. The Bertz CT molecular complexity index is 391. The second-order valence-electron chi connectivity index (χ2n) is 2.48. The molecule has 0 aliphatic carbocycles. The fourth-order valence-corrected chi connectivity index (χ4v) is 1.76. The van der Waals surface area contributed by atoms with Crippen LogP contribution in [0.4, 0.5) is 8.78 Å². The molecule has 13 heavy (non-hydrogen) atoms. The van der Waals surface area contributed by atoms with Gasteiger partial charge in [0.2, 0.25) is 11.9 Å². The SMILES string of the molecule is Fc1cc(-c2cccs2)cc(F)n1. The van der Waals surface area contributed by atoms with Crippen LogP contribution in [0.1, 0.15) is 0 Å². The van der Waals surface area contributed by atoms with E-state index in [-0.39, 0.29) is 0 Å². The molecule has 2 aromatic heterocycles. The molecule has 0 aromatic carbocycles. The normalized spacial score (nSPS) is 10.3. The van der Waals surface area contributed by atoms with Crippen LogP contribution in [0.5, 0.6) is 0 Å². The summed E-state index contributed by atoms with van der Waals surface area (Å²) in [5.41, 5.74) is 0.528. The van der Waals surface area contributed by atoms with E-state index in [1.54, 1.807) is 6.07 Å². The van der Waals surface area contributed by atoms with Crippen molar-refractivity contribution in [3.05, 3.63) is 41.5 Å². The summed E-state index contributed by atoms with van der Waals surface area (Å²) in [6.45, 7) is 0. The highest BCUT2D eigenvalue weighted by atomic mass is 32.1. The number of pyridine rings is 1. The Labute approximate surface area is 77.7 Å². The van der Waals surface area contributed by atoms with Crippen LogP contribution in [0.3, 0.4) is 0 Å². The van der Waals surface area contributed by atoms with Crippen LogP contribution in [0.15, 0.2) is 29.6 Å². The van der Waals surface area contributed by atoms with Gasteiger partial charge in [-0.05, 0) is 11.4 Å². The molecule has 2 aromatic rings. The van der Waals surface area contributed by atoms with E-state index in [2.05, 4.69) is 4.98 Å². The molecular formula is C9H5F2NS. The second kappa shape index (κ2) is 3.22. The lowest BCUT2D eigenvalue weighted by atomic mass is 10.2. The number of halogens is 2. The summed E-state index contributed by atoms with van der Waals surface area (Å²) in [4.78, 5) is 3.85. The minimum Gasteiger partial charge on any atom is -0.191 e. The molecule has 0 saturated heterocycles. The van der Waals surface area contributed by atoms with Gasteiger partial charge in [-0.25, -0.2) is 0 Å². The van der Waals surface area contributed by atoms with Crippen LogP contribution < -0.4 is 0 Å². The zero-order valence-electron chi connectivity index (χ0n) is 6.50. The molecule has 0 unspecified atom stereocenters. The number of rotatable bonds is 1. The van der Waals surface area contributed by atoms with Crippen molar-refractivity contribution in [2.75, 3.05) is 0 Å². The quantitative estimate of drug-likeness (QED) is 0.640. The number of aromatic nitrogens is 1. The Morgan fingerprint density at radius 1 is 1.15 bits per heavy atom. The van der Waals surface area contributed by atoms with Crippen LogP contribution in [-0.4, -0.2) is 4.98 Å². The first-order chi connectivity index (χ1) is 6.25. The smallest absolute Gasteiger partial charge is 0.191 e. The standard InChI is InChI=1S/C9H5F2NS/c10-8-4-6(5-9(11)12-8)7-2-1-3-13-7/h1-5H. The van der Waals surface area contributed by atoms with Crippen molar-refractivity contribution in [1.29, 1.82) is 0 Å². The molecule has 0 bridgehead atoms. The van der Waals surface area contributed by atoms with Gasteiger partial charge in [0, 0.05) is 22.6 Å². The van der Waals surface area contributed by atoms with Crippen molar-refractivity contribution in [2.24, 2.45) is 0 Å². The molecular weight excluding hydrogens is 192 g/mol. The highest BCUT2D eigenvalue weighted by molar-refractivity contribution is 7.13. The molecule has 0 atom stereocenters. The number of thiophene rings is 1. The van der Waals surface area contributed by atoms with Crippen LogP contribution in [-0.2, 0) is 0 Å². The third-order valence-electron chi connectivity index (χ3n) is 1.57. The fourth-order valence-electron chi connectivity index (χ4n) is 1.05. The second-order valence-corrected chi connectivity index (χ2v) is 3.43. The maximum atomic E-state index is 12.7. The number of hydrogen-bond donors (Lipinski definition) is 0. The number of nitrogens with zero attached hydrogens (tertiary/aromatic N) is 1. The molecule has 0 radical (unpaired) electrons. The average molecular weight is 197 g/mol. The summed E-state index contributed by atoms with van der Waals surface area (Å²) < 4.78 is 25.3. The van der Waals surface area contributed by atoms with E-state index in [1.165, 1.54) is 23.5 Å². The predicted octanol–water partition coefficient (Wildman–Crippen LogP) is 3.09. The largest absolute Gasteiger partial charge is 0.216 e. The first-order valence-electron chi connectivity index (χ1n) is 3.63. The first-order valence-corrected chi connectivity index (χ1v) is 4.50. The highest BCUT2D eigenvalue weighted by Gasteiger charge is 2.04. The van der Waals surface area contributed by atoms with Crippen molar-refractivity contribution in [3.8, 4) is 10.4 Å². The van der Waals surface area contributed by atoms with Crippen molar-refractivity contribution in [2.45, 2.75) is 0 Å². The molecule has 0 aliphatic heterocycles. The molecule has 0 amide bonds. The molecule has 4 heteroatoms. The Morgan fingerprint density at radius 3 is 2.38 bits per heavy atom. The van der Waals surface area contributed by atoms with Crippen molar-refractivity contribution in [1.82, 2.24) is 4.98 Å². The molecule has 0 spiro atoms. The van der Waals surface area contributed by atoms with Crippen molar-refractivity contribution >= 4 is 11.3 Å². The maximum Gasteiger partial charge on any atom is 0.216 e. The summed E-state index contributed by atoms with van der Waals surface area (Å²) in [5, 5.41) is 1.85. The molecule has 2 rings (SSSR count). The van der Waals surface area contributed by atoms with Gasteiger partial charge in [-0.1, -0.05) is 6.07 Å². The van der Waals surface area contributed by atoms with E-state index in [0.717, 1.165) is 4.88 Å². The van der Waals surface area contributed by atoms with Crippen molar-refractivity contribution in [3.63, 3.8) is 0 Å². The average Bonchev–Trinajstić information content (AvgIpc) is 2.53.